The maximum absolute atomic E-state index is 13.0. The van der Waals surface area contributed by atoms with Crippen molar-refractivity contribution in [3.05, 3.63) is 77.3 Å². The summed E-state index contributed by atoms with van der Waals surface area (Å²) in [4.78, 5) is 12.5. The van der Waals surface area contributed by atoms with Crippen LogP contribution in [0.4, 0.5) is 11.4 Å². The molecule has 0 bridgehead atoms. The third-order valence-electron chi connectivity index (χ3n) is 4.25. The van der Waals surface area contributed by atoms with Crippen molar-refractivity contribution in [1.82, 2.24) is 0 Å². The van der Waals surface area contributed by atoms with Gasteiger partial charge in [0.1, 0.15) is 11.5 Å². The molecule has 0 heterocycles. The summed E-state index contributed by atoms with van der Waals surface area (Å²) in [6, 6.07) is 17.3. The lowest BCUT2D eigenvalue weighted by atomic mass is 10.2. The summed E-state index contributed by atoms with van der Waals surface area (Å²) >= 11 is 5.95. The van der Waals surface area contributed by atoms with Crippen LogP contribution in [0.3, 0.4) is 0 Å². The number of methoxy groups -OCH3 is 1. The molecule has 0 aliphatic heterocycles. The number of nitrogens with one attached hydrogen (secondary N) is 2. The van der Waals surface area contributed by atoms with Gasteiger partial charge in [-0.3, -0.25) is 9.52 Å². The second-order valence-corrected chi connectivity index (χ2v) is 8.48. The van der Waals surface area contributed by atoms with Gasteiger partial charge in [-0.05, 0) is 55.5 Å². The molecule has 0 aromatic heterocycles. The molecular weight excluding hydrogens is 440 g/mol. The Hall–Kier alpha value is -3.23. The number of hydrogen-bond donors (Lipinski definition) is 2. The van der Waals surface area contributed by atoms with E-state index in [1.807, 2.05) is 6.92 Å². The van der Waals surface area contributed by atoms with Gasteiger partial charge in [0.05, 0.1) is 30.0 Å². The molecular formula is C22H21ClN2O5S. The van der Waals surface area contributed by atoms with Crippen LogP contribution in [0, 0.1) is 0 Å². The van der Waals surface area contributed by atoms with Crippen molar-refractivity contribution in [2.75, 3.05) is 23.8 Å². The van der Waals surface area contributed by atoms with Crippen LogP contribution < -0.4 is 19.5 Å². The number of amides is 1. The molecule has 7 nitrogen and oxygen atoms in total. The summed E-state index contributed by atoms with van der Waals surface area (Å²) < 4.78 is 39.2. The van der Waals surface area contributed by atoms with Crippen molar-refractivity contribution < 1.29 is 22.7 Å². The van der Waals surface area contributed by atoms with Crippen LogP contribution in [-0.4, -0.2) is 28.0 Å². The Labute approximate surface area is 186 Å². The van der Waals surface area contributed by atoms with Gasteiger partial charge in [-0.15, -0.1) is 0 Å². The fourth-order valence-electron chi connectivity index (χ4n) is 2.81. The first-order valence-corrected chi connectivity index (χ1v) is 11.2. The standard InChI is InChI=1S/C22H21ClN2O5S/c1-3-30-21-10-5-4-9-18(21)25-31(27,28)17-11-12-20(29-2)19(14-17)24-22(26)15-7-6-8-16(23)13-15/h4-14,25H,3H2,1-2H3,(H,24,26). The van der Waals surface area contributed by atoms with Crippen LogP contribution in [0.5, 0.6) is 11.5 Å². The van der Waals surface area contributed by atoms with E-state index in [9.17, 15) is 13.2 Å². The molecule has 0 unspecified atom stereocenters. The Balaban J connectivity index is 1.91. The Morgan fingerprint density at radius 3 is 2.45 bits per heavy atom. The molecule has 0 aliphatic rings. The number of anilines is 2. The zero-order valence-corrected chi connectivity index (χ0v) is 18.5. The van der Waals surface area contributed by atoms with Crippen LogP contribution in [0.15, 0.2) is 71.6 Å². The zero-order valence-electron chi connectivity index (χ0n) is 16.9. The molecule has 0 atom stereocenters. The van der Waals surface area contributed by atoms with E-state index in [-0.39, 0.29) is 10.6 Å². The topological polar surface area (TPSA) is 93.7 Å². The number of carbonyl (C=O) groups excluding carboxylic acids is 1. The molecule has 0 fully saturated rings. The first-order chi connectivity index (χ1) is 14.8. The summed E-state index contributed by atoms with van der Waals surface area (Å²) in [5, 5.41) is 3.08. The summed E-state index contributed by atoms with van der Waals surface area (Å²) in [7, 11) is -2.54. The first-order valence-electron chi connectivity index (χ1n) is 9.33. The van der Waals surface area contributed by atoms with Crippen molar-refractivity contribution in [1.29, 1.82) is 0 Å². The van der Waals surface area contributed by atoms with Gasteiger partial charge >= 0.3 is 0 Å². The van der Waals surface area contributed by atoms with E-state index >= 15 is 0 Å². The minimum atomic E-state index is -3.97. The monoisotopic (exact) mass is 460 g/mol. The van der Waals surface area contributed by atoms with Crippen molar-refractivity contribution >= 4 is 38.9 Å². The van der Waals surface area contributed by atoms with E-state index in [4.69, 9.17) is 21.1 Å². The minimum Gasteiger partial charge on any atom is -0.495 e. The van der Waals surface area contributed by atoms with Gasteiger partial charge in [0.25, 0.3) is 15.9 Å². The quantitative estimate of drug-likeness (QED) is 0.503. The highest BCUT2D eigenvalue weighted by Gasteiger charge is 2.20. The van der Waals surface area contributed by atoms with E-state index in [2.05, 4.69) is 10.0 Å². The Morgan fingerprint density at radius 1 is 0.968 bits per heavy atom. The van der Waals surface area contributed by atoms with E-state index in [1.165, 1.54) is 31.4 Å². The highest BCUT2D eigenvalue weighted by atomic mass is 35.5. The van der Waals surface area contributed by atoms with Crippen LogP contribution in [-0.2, 0) is 10.0 Å². The molecule has 9 heteroatoms. The van der Waals surface area contributed by atoms with Gasteiger partial charge in [-0.2, -0.15) is 0 Å². The summed E-state index contributed by atoms with van der Waals surface area (Å²) in [5.74, 6) is 0.269. The summed E-state index contributed by atoms with van der Waals surface area (Å²) in [6.45, 7) is 2.20. The molecule has 0 saturated heterocycles. The van der Waals surface area contributed by atoms with Gasteiger partial charge in [-0.1, -0.05) is 29.8 Å². The lowest BCUT2D eigenvalue weighted by molar-refractivity contribution is 0.102. The minimum absolute atomic E-state index is 0.0546. The SMILES string of the molecule is CCOc1ccccc1NS(=O)(=O)c1ccc(OC)c(NC(=O)c2cccc(Cl)c2)c1. The second-order valence-electron chi connectivity index (χ2n) is 6.36. The van der Waals surface area contributed by atoms with Gasteiger partial charge < -0.3 is 14.8 Å². The van der Waals surface area contributed by atoms with Gasteiger partial charge in [-0.25, -0.2) is 8.42 Å². The summed E-state index contributed by atoms with van der Waals surface area (Å²) in [6.07, 6.45) is 0. The van der Waals surface area contributed by atoms with E-state index in [0.717, 1.165) is 0 Å². The second kappa shape index (κ2) is 9.72. The van der Waals surface area contributed by atoms with E-state index in [0.29, 0.717) is 34.4 Å². The van der Waals surface area contributed by atoms with Gasteiger partial charge in [0.2, 0.25) is 0 Å². The lowest BCUT2D eigenvalue weighted by Crippen LogP contribution is -2.16. The molecule has 2 N–H and O–H groups in total. The van der Waals surface area contributed by atoms with Crippen LogP contribution in [0.1, 0.15) is 17.3 Å². The van der Waals surface area contributed by atoms with Crippen molar-refractivity contribution in [2.24, 2.45) is 0 Å². The number of sulfonamides is 1. The van der Waals surface area contributed by atoms with Crippen molar-refractivity contribution in [2.45, 2.75) is 11.8 Å². The fourth-order valence-corrected chi connectivity index (χ4v) is 4.10. The molecule has 0 aliphatic carbocycles. The first kappa shape index (κ1) is 22.5. The average molecular weight is 461 g/mol. The molecule has 0 spiro atoms. The largest absolute Gasteiger partial charge is 0.495 e. The van der Waals surface area contributed by atoms with Gasteiger partial charge in [0.15, 0.2) is 0 Å². The fraction of sp³-hybridized carbons (Fsp3) is 0.136. The molecule has 3 rings (SSSR count). The number of carbonyl (C=O) groups is 1. The third-order valence-corrected chi connectivity index (χ3v) is 5.85. The predicted molar refractivity (Wildman–Crippen MR) is 121 cm³/mol. The molecule has 0 saturated carbocycles. The highest BCUT2D eigenvalue weighted by molar-refractivity contribution is 7.92. The molecule has 3 aromatic rings. The number of hydrogen-bond acceptors (Lipinski definition) is 5. The highest BCUT2D eigenvalue weighted by Crippen LogP contribution is 2.31. The number of rotatable bonds is 8. The number of ether oxygens (including phenoxy) is 2. The van der Waals surface area contributed by atoms with E-state index < -0.39 is 15.9 Å². The van der Waals surface area contributed by atoms with Crippen LogP contribution in [0.25, 0.3) is 0 Å². The molecule has 1 amide bonds. The average Bonchev–Trinajstić information content (AvgIpc) is 2.75. The molecule has 31 heavy (non-hydrogen) atoms. The van der Waals surface area contributed by atoms with Crippen molar-refractivity contribution in [3.63, 3.8) is 0 Å². The van der Waals surface area contributed by atoms with E-state index in [1.54, 1.807) is 42.5 Å². The number of halogens is 1. The Kier molecular flexibility index (Phi) is 7.04. The number of para-hydroxylation sites is 2. The maximum atomic E-state index is 13.0. The molecule has 162 valence electrons. The molecule has 0 radical (unpaired) electrons. The van der Waals surface area contributed by atoms with Crippen molar-refractivity contribution in [3.8, 4) is 11.5 Å². The predicted octanol–water partition coefficient (Wildman–Crippen LogP) is 4.80. The summed E-state index contributed by atoms with van der Waals surface area (Å²) in [5.41, 5.74) is 0.838. The number of benzene rings is 3. The Morgan fingerprint density at radius 2 is 1.74 bits per heavy atom. The van der Waals surface area contributed by atoms with Crippen LogP contribution >= 0.6 is 11.6 Å². The normalized spacial score (nSPS) is 10.9. The molecule has 3 aromatic carbocycles. The van der Waals surface area contributed by atoms with Crippen LogP contribution in [0.2, 0.25) is 5.02 Å². The third kappa shape index (κ3) is 5.48. The smallest absolute Gasteiger partial charge is 0.262 e. The Bertz CT molecular complexity index is 1200. The lowest BCUT2D eigenvalue weighted by Gasteiger charge is -2.15. The van der Waals surface area contributed by atoms with Gasteiger partial charge in [0, 0.05) is 10.6 Å². The maximum Gasteiger partial charge on any atom is 0.262 e. The zero-order chi connectivity index (χ0) is 22.4.